The molecule has 0 aliphatic carbocycles. The van der Waals surface area contributed by atoms with E-state index in [0.717, 1.165) is 35.1 Å². The second kappa shape index (κ2) is 6.95. The molecule has 1 aromatic carbocycles. The number of morpholine rings is 1. The Hall–Kier alpha value is -1.15. The molecule has 2 atom stereocenters. The summed E-state index contributed by atoms with van der Waals surface area (Å²) in [7, 11) is 0. The van der Waals surface area contributed by atoms with Gasteiger partial charge in [-0.1, -0.05) is 0 Å². The number of piperidine rings is 1. The zero-order valence-corrected chi connectivity index (χ0v) is 14.4. The topological polar surface area (TPSA) is 58.6 Å². The number of ether oxygens (including phenoxy) is 1. The first-order valence-electron chi connectivity index (χ1n) is 7.61. The molecule has 2 fully saturated rings. The molecule has 2 heterocycles. The number of carbonyl (C=O) groups excluding carboxylic acids is 2. The predicted octanol–water partition coefficient (Wildman–Crippen LogP) is 2.40. The van der Waals surface area contributed by atoms with Gasteiger partial charge in [-0.25, -0.2) is 0 Å². The Morgan fingerprint density at radius 2 is 2.09 bits per heavy atom. The highest BCUT2D eigenvalue weighted by Gasteiger charge is 2.38. The number of benzene rings is 1. The third kappa shape index (κ3) is 3.60. The van der Waals surface area contributed by atoms with Crippen molar-refractivity contribution in [3.05, 3.63) is 27.8 Å². The maximum absolute atomic E-state index is 12.4. The Kier molecular flexibility index (Phi) is 4.97. The number of nitrogens with zero attached hydrogens (tertiary/aromatic N) is 1. The van der Waals surface area contributed by atoms with Crippen molar-refractivity contribution >= 4 is 40.1 Å². The Bertz CT molecular complexity index is 561. The van der Waals surface area contributed by atoms with Crippen molar-refractivity contribution in [2.75, 3.05) is 18.5 Å². The van der Waals surface area contributed by atoms with Gasteiger partial charge in [0.05, 0.1) is 19.1 Å². The monoisotopic (exact) mass is 414 g/mol. The second-order valence-electron chi connectivity index (χ2n) is 5.76. The summed E-state index contributed by atoms with van der Waals surface area (Å²) >= 11 is 2.21. The van der Waals surface area contributed by atoms with Crippen molar-refractivity contribution in [1.82, 2.24) is 4.90 Å². The summed E-state index contributed by atoms with van der Waals surface area (Å²) in [6.45, 7) is 1.34. The van der Waals surface area contributed by atoms with Gasteiger partial charge in [0.25, 0.3) is 5.91 Å². The summed E-state index contributed by atoms with van der Waals surface area (Å²) in [5, 5.41) is 2.82. The minimum atomic E-state index is -0.641. The number of hydrogen-bond donors (Lipinski definition) is 1. The minimum Gasteiger partial charge on any atom is -0.366 e. The van der Waals surface area contributed by atoms with E-state index < -0.39 is 6.10 Å². The van der Waals surface area contributed by atoms with Crippen LogP contribution < -0.4 is 5.32 Å². The fourth-order valence-electron chi connectivity index (χ4n) is 3.01. The zero-order chi connectivity index (χ0) is 15.5. The van der Waals surface area contributed by atoms with Crippen molar-refractivity contribution in [3.8, 4) is 0 Å². The first-order valence-corrected chi connectivity index (χ1v) is 8.69. The quantitative estimate of drug-likeness (QED) is 0.774. The molecular formula is C16H19IN2O3. The van der Waals surface area contributed by atoms with Crippen LogP contribution in [0.3, 0.4) is 0 Å². The largest absolute Gasteiger partial charge is 0.366 e. The van der Waals surface area contributed by atoms with Gasteiger partial charge in [-0.2, -0.15) is 0 Å². The number of carbonyl (C=O) groups is 2. The second-order valence-corrected chi connectivity index (χ2v) is 7.01. The molecule has 0 radical (unpaired) electrons. The standard InChI is InChI=1S/C16H19IN2O3/c17-11-4-6-12(7-5-11)18-15(20)9-14-16(21)19-8-2-1-3-13(19)10-22-14/h4-7,13-14H,1-3,8-10H2,(H,18,20). The predicted molar refractivity (Wildman–Crippen MR) is 91.5 cm³/mol. The molecule has 118 valence electrons. The van der Waals surface area contributed by atoms with E-state index in [-0.39, 0.29) is 24.3 Å². The van der Waals surface area contributed by atoms with E-state index in [9.17, 15) is 9.59 Å². The third-order valence-electron chi connectivity index (χ3n) is 4.17. The normalized spacial score (nSPS) is 24.8. The average Bonchev–Trinajstić information content (AvgIpc) is 2.53. The number of halogens is 1. The summed E-state index contributed by atoms with van der Waals surface area (Å²) in [6, 6.07) is 7.76. The molecule has 3 rings (SSSR count). The Labute approximate surface area is 143 Å². The molecule has 2 unspecified atom stereocenters. The van der Waals surface area contributed by atoms with E-state index >= 15 is 0 Å². The lowest BCUT2D eigenvalue weighted by atomic mass is 9.99. The molecule has 2 saturated heterocycles. The third-order valence-corrected chi connectivity index (χ3v) is 4.89. The summed E-state index contributed by atoms with van der Waals surface area (Å²) < 4.78 is 6.74. The van der Waals surface area contributed by atoms with Crippen molar-refractivity contribution in [2.45, 2.75) is 37.8 Å². The van der Waals surface area contributed by atoms with Gasteiger partial charge in [-0.3, -0.25) is 9.59 Å². The molecule has 0 aromatic heterocycles. The molecule has 0 saturated carbocycles. The lowest BCUT2D eigenvalue weighted by molar-refractivity contribution is -0.163. The fourth-order valence-corrected chi connectivity index (χ4v) is 3.37. The number of amides is 2. The van der Waals surface area contributed by atoms with Gasteiger partial charge < -0.3 is 15.0 Å². The Morgan fingerprint density at radius 3 is 2.86 bits per heavy atom. The molecule has 2 aliphatic heterocycles. The zero-order valence-electron chi connectivity index (χ0n) is 12.3. The fraction of sp³-hybridized carbons (Fsp3) is 0.500. The van der Waals surface area contributed by atoms with Crippen LogP contribution in [-0.2, 0) is 14.3 Å². The van der Waals surface area contributed by atoms with Crippen LogP contribution in [0.4, 0.5) is 5.69 Å². The van der Waals surface area contributed by atoms with E-state index in [1.165, 1.54) is 0 Å². The Morgan fingerprint density at radius 1 is 1.32 bits per heavy atom. The van der Waals surface area contributed by atoms with Gasteiger partial charge in [0.1, 0.15) is 6.10 Å². The van der Waals surface area contributed by atoms with Gasteiger partial charge in [-0.05, 0) is 66.1 Å². The number of anilines is 1. The van der Waals surface area contributed by atoms with Crippen LogP contribution in [0.5, 0.6) is 0 Å². The van der Waals surface area contributed by atoms with Crippen LogP contribution in [0.15, 0.2) is 24.3 Å². The molecule has 2 aliphatic rings. The molecule has 2 amide bonds. The van der Waals surface area contributed by atoms with Gasteiger partial charge in [0.15, 0.2) is 0 Å². The highest BCUT2D eigenvalue weighted by Crippen LogP contribution is 2.24. The minimum absolute atomic E-state index is 0.0336. The molecule has 0 bridgehead atoms. The lowest BCUT2D eigenvalue weighted by Gasteiger charge is -2.41. The molecule has 5 nitrogen and oxygen atoms in total. The van der Waals surface area contributed by atoms with E-state index in [1.54, 1.807) is 0 Å². The van der Waals surface area contributed by atoms with Crippen LogP contribution in [0.25, 0.3) is 0 Å². The van der Waals surface area contributed by atoms with E-state index in [0.29, 0.717) is 6.61 Å². The smallest absolute Gasteiger partial charge is 0.252 e. The molecule has 1 aromatic rings. The lowest BCUT2D eigenvalue weighted by Crippen LogP contribution is -2.56. The molecule has 1 N–H and O–H groups in total. The maximum Gasteiger partial charge on any atom is 0.252 e. The number of rotatable bonds is 3. The Balaban J connectivity index is 1.57. The van der Waals surface area contributed by atoms with Gasteiger partial charge >= 0.3 is 0 Å². The highest BCUT2D eigenvalue weighted by atomic mass is 127. The first kappa shape index (κ1) is 15.7. The van der Waals surface area contributed by atoms with E-state index in [2.05, 4.69) is 27.9 Å². The number of hydrogen-bond acceptors (Lipinski definition) is 3. The van der Waals surface area contributed by atoms with Gasteiger partial charge in [0, 0.05) is 15.8 Å². The summed E-state index contributed by atoms with van der Waals surface area (Å²) in [5.41, 5.74) is 0.740. The number of nitrogens with one attached hydrogen (secondary N) is 1. The molecule has 0 spiro atoms. The molecule has 6 heteroatoms. The van der Waals surface area contributed by atoms with Gasteiger partial charge in [0.2, 0.25) is 5.91 Å². The van der Waals surface area contributed by atoms with Crippen LogP contribution in [0.1, 0.15) is 25.7 Å². The van der Waals surface area contributed by atoms with Crippen molar-refractivity contribution < 1.29 is 14.3 Å². The van der Waals surface area contributed by atoms with Crippen LogP contribution in [0, 0.1) is 3.57 Å². The summed E-state index contributed by atoms with van der Waals surface area (Å²) in [5.74, 6) is -0.219. The number of fused-ring (bicyclic) bond motifs is 1. The summed E-state index contributed by atoms with van der Waals surface area (Å²) in [4.78, 5) is 26.4. The molecular weight excluding hydrogens is 395 g/mol. The van der Waals surface area contributed by atoms with Crippen molar-refractivity contribution in [1.29, 1.82) is 0 Å². The first-order chi connectivity index (χ1) is 10.6. The molecule has 22 heavy (non-hydrogen) atoms. The average molecular weight is 414 g/mol. The highest BCUT2D eigenvalue weighted by molar-refractivity contribution is 14.1. The SMILES string of the molecule is O=C(CC1OCC2CCCCN2C1=O)Nc1ccc(I)cc1. The van der Waals surface area contributed by atoms with E-state index in [1.807, 2.05) is 29.2 Å². The maximum atomic E-state index is 12.4. The van der Waals surface area contributed by atoms with Crippen LogP contribution in [-0.4, -0.2) is 42.0 Å². The van der Waals surface area contributed by atoms with Crippen LogP contribution in [0.2, 0.25) is 0 Å². The van der Waals surface area contributed by atoms with Crippen molar-refractivity contribution in [2.24, 2.45) is 0 Å². The summed E-state index contributed by atoms with van der Waals surface area (Å²) in [6.07, 6.45) is 2.64. The van der Waals surface area contributed by atoms with Gasteiger partial charge in [-0.15, -0.1) is 0 Å². The van der Waals surface area contributed by atoms with Crippen molar-refractivity contribution in [3.63, 3.8) is 0 Å². The van der Waals surface area contributed by atoms with E-state index in [4.69, 9.17) is 4.74 Å². The van der Waals surface area contributed by atoms with Crippen LogP contribution >= 0.6 is 22.6 Å².